The van der Waals surface area contributed by atoms with Gasteiger partial charge in [-0.15, -0.1) is 0 Å². The van der Waals surface area contributed by atoms with Crippen LogP contribution in [0.3, 0.4) is 0 Å². The minimum absolute atomic E-state index is 0.0387. The maximum Gasteiger partial charge on any atom is 0.263 e. The molecule has 0 saturated carbocycles. The lowest BCUT2D eigenvalue weighted by Gasteiger charge is -2.07. The van der Waals surface area contributed by atoms with Crippen LogP contribution in [0.15, 0.2) is 41.6 Å². The Morgan fingerprint density at radius 2 is 1.94 bits per heavy atom. The topological polar surface area (TPSA) is 72.0 Å². The first kappa shape index (κ1) is 13.1. The molecule has 2 aromatic rings. The van der Waals surface area contributed by atoms with Crippen LogP contribution in [0.5, 0.6) is 0 Å². The molecule has 94 valence electrons. The molecule has 0 saturated heterocycles. The number of aromatic nitrogens is 2. The van der Waals surface area contributed by atoms with E-state index in [1.807, 2.05) is 0 Å². The minimum atomic E-state index is -3.75. The number of halogens is 2. The van der Waals surface area contributed by atoms with Gasteiger partial charge in [-0.05, 0) is 18.2 Å². The van der Waals surface area contributed by atoms with Crippen molar-refractivity contribution in [3.63, 3.8) is 0 Å². The molecule has 1 aromatic heterocycles. The van der Waals surface area contributed by atoms with Crippen LogP contribution in [-0.4, -0.2) is 18.4 Å². The molecule has 1 heterocycles. The Bertz CT molecular complexity index is 676. The van der Waals surface area contributed by atoms with E-state index in [9.17, 15) is 8.42 Å². The van der Waals surface area contributed by atoms with Gasteiger partial charge in [0.15, 0.2) is 5.82 Å². The van der Waals surface area contributed by atoms with E-state index < -0.39 is 10.0 Å². The van der Waals surface area contributed by atoms with Crippen LogP contribution < -0.4 is 4.72 Å². The molecule has 1 N–H and O–H groups in total. The van der Waals surface area contributed by atoms with Gasteiger partial charge in [0.2, 0.25) is 0 Å². The minimum Gasteiger partial charge on any atom is -0.262 e. The first-order valence-electron chi connectivity index (χ1n) is 4.73. The van der Waals surface area contributed by atoms with E-state index in [4.69, 9.17) is 23.2 Å². The normalized spacial score (nSPS) is 11.2. The third-order valence-corrected chi connectivity index (χ3v) is 3.72. The fraction of sp³-hybridized carbons (Fsp3) is 0. The van der Waals surface area contributed by atoms with E-state index in [0.29, 0.717) is 5.02 Å². The van der Waals surface area contributed by atoms with Crippen LogP contribution in [-0.2, 0) is 10.0 Å². The number of benzene rings is 1. The molecule has 0 aliphatic heterocycles. The van der Waals surface area contributed by atoms with Crippen molar-refractivity contribution in [3.05, 3.63) is 46.8 Å². The highest BCUT2D eigenvalue weighted by molar-refractivity contribution is 7.92. The van der Waals surface area contributed by atoms with Crippen molar-refractivity contribution in [2.24, 2.45) is 0 Å². The number of rotatable bonds is 3. The molecule has 18 heavy (non-hydrogen) atoms. The lowest BCUT2D eigenvalue weighted by molar-refractivity contribution is 0.601. The predicted octanol–water partition coefficient (Wildman–Crippen LogP) is 2.58. The van der Waals surface area contributed by atoms with E-state index in [2.05, 4.69) is 14.7 Å². The molecule has 0 radical (unpaired) electrons. The van der Waals surface area contributed by atoms with Crippen molar-refractivity contribution in [1.82, 2.24) is 9.97 Å². The lowest BCUT2D eigenvalue weighted by Crippen LogP contribution is -2.14. The van der Waals surface area contributed by atoms with Crippen molar-refractivity contribution < 1.29 is 8.42 Å². The third kappa shape index (κ3) is 3.10. The van der Waals surface area contributed by atoms with Crippen molar-refractivity contribution in [1.29, 1.82) is 0 Å². The van der Waals surface area contributed by atoms with Gasteiger partial charge >= 0.3 is 0 Å². The highest BCUT2D eigenvalue weighted by Crippen LogP contribution is 2.18. The summed E-state index contributed by atoms with van der Waals surface area (Å²) >= 11 is 11.4. The SMILES string of the molecule is O=S(=O)(Nc1cncc(Cl)n1)c1cccc(Cl)c1. The van der Waals surface area contributed by atoms with Gasteiger partial charge in [-0.3, -0.25) is 9.71 Å². The van der Waals surface area contributed by atoms with Gasteiger partial charge in [-0.1, -0.05) is 29.3 Å². The molecule has 0 unspecified atom stereocenters. The summed E-state index contributed by atoms with van der Waals surface area (Å²) in [4.78, 5) is 7.56. The zero-order valence-corrected chi connectivity index (χ0v) is 11.2. The summed E-state index contributed by atoms with van der Waals surface area (Å²) < 4.78 is 26.2. The van der Waals surface area contributed by atoms with Crippen LogP contribution in [0.1, 0.15) is 0 Å². The molecular weight excluding hydrogens is 297 g/mol. The Morgan fingerprint density at radius 1 is 1.17 bits per heavy atom. The third-order valence-electron chi connectivity index (χ3n) is 1.95. The molecule has 0 amide bonds. The summed E-state index contributed by atoms with van der Waals surface area (Å²) in [5, 5.41) is 0.427. The first-order valence-corrected chi connectivity index (χ1v) is 6.97. The monoisotopic (exact) mass is 303 g/mol. The molecule has 0 fully saturated rings. The van der Waals surface area contributed by atoms with Gasteiger partial charge in [0.05, 0.1) is 17.3 Å². The summed E-state index contributed by atoms with van der Waals surface area (Å²) in [5.74, 6) is 0.0440. The van der Waals surface area contributed by atoms with Crippen LogP contribution in [0.2, 0.25) is 10.2 Å². The van der Waals surface area contributed by atoms with Gasteiger partial charge < -0.3 is 0 Å². The van der Waals surface area contributed by atoms with Crippen LogP contribution in [0.4, 0.5) is 5.82 Å². The molecular formula is C10H7Cl2N3O2S. The lowest BCUT2D eigenvalue weighted by atomic mass is 10.4. The number of anilines is 1. The molecule has 0 aliphatic carbocycles. The van der Waals surface area contributed by atoms with Gasteiger partial charge in [0.1, 0.15) is 5.15 Å². The number of hydrogen-bond donors (Lipinski definition) is 1. The fourth-order valence-corrected chi connectivity index (χ4v) is 2.66. The highest BCUT2D eigenvalue weighted by atomic mass is 35.5. The summed E-state index contributed by atoms with van der Waals surface area (Å²) in [6.07, 6.45) is 2.56. The highest BCUT2D eigenvalue weighted by Gasteiger charge is 2.15. The van der Waals surface area contributed by atoms with Crippen molar-refractivity contribution in [3.8, 4) is 0 Å². The number of sulfonamides is 1. The van der Waals surface area contributed by atoms with Gasteiger partial charge in [0.25, 0.3) is 10.0 Å². The smallest absolute Gasteiger partial charge is 0.262 e. The molecule has 0 bridgehead atoms. The first-order chi connectivity index (χ1) is 8.47. The van der Waals surface area contributed by atoms with Crippen molar-refractivity contribution >= 4 is 39.0 Å². The second-order valence-electron chi connectivity index (χ2n) is 3.29. The summed E-state index contributed by atoms with van der Waals surface area (Å²) in [6, 6.07) is 5.88. The van der Waals surface area contributed by atoms with E-state index in [-0.39, 0.29) is 15.9 Å². The average molecular weight is 304 g/mol. The zero-order chi connectivity index (χ0) is 13.2. The zero-order valence-electron chi connectivity index (χ0n) is 8.84. The van der Waals surface area contributed by atoms with Crippen LogP contribution >= 0.6 is 23.2 Å². The Labute approximate surface area is 114 Å². The second kappa shape index (κ2) is 5.09. The molecule has 0 spiro atoms. The van der Waals surface area contributed by atoms with Crippen LogP contribution in [0.25, 0.3) is 0 Å². The van der Waals surface area contributed by atoms with Crippen molar-refractivity contribution in [2.45, 2.75) is 4.90 Å². The average Bonchev–Trinajstić information content (AvgIpc) is 2.28. The standard InChI is InChI=1S/C10H7Cl2N3O2S/c11-7-2-1-3-8(4-7)18(16,17)15-10-6-13-5-9(12)14-10/h1-6H,(H,14,15). The van der Waals surface area contributed by atoms with Crippen LogP contribution in [0, 0.1) is 0 Å². The van der Waals surface area contributed by atoms with E-state index in [0.717, 1.165) is 0 Å². The van der Waals surface area contributed by atoms with Gasteiger partial charge in [-0.25, -0.2) is 13.4 Å². The largest absolute Gasteiger partial charge is 0.263 e. The Kier molecular flexibility index (Phi) is 3.70. The van der Waals surface area contributed by atoms with E-state index in [1.54, 1.807) is 12.1 Å². The summed E-state index contributed by atoms with van der Waals surface area (Å²) in [7, 11) is -3.75. The van der Waals surface area contributed by atoms with E-state index in [1.165, 1.54) is 24.5 Å². The maximum absolute atomic E-state index is 12.0. The Balaban J connectivity index is 2.33. The quantitative estimate of drug-likeness (QED) is 0.946. The summed E-state index contributed by atoms with van der Waals surface area (Å²) in [5.41, 5.74) is 0. The Morgan fingerprint density at radius 3 is 2.61 bits per heavy atom. The Hall–Kier alpha value is -1.37. The van der Waals surface area contributed by atoms with Crippen molar-refractivity contribution in [2.75, 3.05) is 4.72 Å². The summed E-state index contributed by atoms with van der Waals surface area (Å²) in [6.45, 7) is 0. The fourth-order valence-electron chi connectivity index (χ4n) is 1.22. The predicted molar refractivity (Wildman–Crippen MR) is 69.3 cm³/mol. The van der Waals surface area contributed by atoms with Gasteiger partial charge in [-0.2, -0.15) is 0 Å². The van der Waals surface area contributed by atoms with E-state index >= 15 is 0 Å². The molecule has 2 rings (SSSR count). The maximum atomic E-state index is 12.0. The molecule has 0 atom stereocenters. The second-order valence-corrected chi connectivity index (χ2v) is 5.80. The number of hydrogen-bond acceptors (Lipinski definition) is 4. The number of nitrogens with one attached hydrogen (secondary N) is 1. The molecule has 1 aromatic carbocycles. The molecule has 0 aliphatic rings. The molecule has 5 nitrogen and oxygen atoms in total. The number of nitrogens with zero attached hydrogens (tertiary/aromatic N) is 2. The molecule has 8 heteroatoms. The van der Waals surface area contributed by atoms with Gasteiger partial charge in [0, 0.05) is 5.02 Å².